The average molecular weight is 325 g/mol. The number of carbonyl (C=O) groups excluding carboxylic acids is 1. The van der Waals surface area contributed by atoms with Crippen LogP contribution in [0.4, 0.5) is 4.39 Å². The van der Waals surface area contributed by atoms with Crippen LogP contribution in [-0.4, -0.2) is 16.1 Å². The molecule has 2 N–H and O–H groups in total. The lowest BCUT2D eigenvalue weighted by atomic mass is 10.1. The molecule has 3 rings (SSSR count). The standard InChI is InChI=1S/C18H16FN3O2/c1-11(12-6-8-13(19)9-7-12)20-17(23)10-16-14-4-2-3-5-15(14)18(24)22-21-16/h2-9,11H,10H2,1H3,(H,20,23)(H,22,24). The van der Waals surface area contributed by atoms with Crippen LogP contribution < -0.4 is 10.9 Å². The first-order valence-electron chi connectivity index (χ1n) is 7.55. The first-order chi connectivity index (χ1) is 11.5. The van der Waals surface area contributed by atoms with Crippen molar-refractivity contribution in [1.82, 2.24) is 15.5 Å². The normalized spacial score (nSPS) is 12.1. The number of aromatic nitrogens is 2. The Morgan fingerprint density at radius 2 is 1.83 bits per heavy atom. The van der Waals surface area contributed by atoms with Gasteiger partial charge in [0.2, 0.25) is 5.91 Å². The van der Waals surface area contributed by atoms with Gasteiger partial charge in [-0.1, -0.05) is 30.3 Å². The molecule has 0 saturated carbocycles. The van der Waals surface area contributed by atoms with Crippen molar-refractivity contribution < 1.29 is 9.18 Å². The van der Waals surface area contributed by atoms with Crippen LogP contribution >= 0.6 is 0 Å². The molecule has 0 aliphatic rings. The molecular weight excluding hydrogens is 309 g/mol. The van der Waals surface area contributed by atoms with Crippen molar-refractivity contribution in [2.45, 2.75) is 19.4 Å². The van der Waals surface area contributed by atoms with Gasteiger partial charge in [0.15, 0.2) is 0 Å². The molecule has 0 aliphatic carbocycles. The summed E-state index contributed by atoms with van der Waals surface area (Å²) in [7, 11) is 0. The Labute approximate surface area is 137 Å². The van der Waals surface area contributed by atoms with Gasteiger partial charge in [-0.05, 0) is 30.7 Å². The van der Waals surface area contributed by atoms with E-state index in [9.17, 15) is 14.0 Å². The molecule has 0 fully saturated rings. The van der Waals surface area contributed by atoms with Crippen LogP contribution in [0.3, 0.4) is 0 Å². The van der Waals surface area contributed by atoms with Gasteiger partial charge in [0.05, 0.1) is 23.5 Å². The van der Waals surface area contributed by atoms with Gasteiger partial charge < -0.3 is 5.32 Å². The largest absolute Gasteiger partial charge is 0.349 e. The molecule has 1 unspecified atom stereocenters. The summed E-state index contributed by atoms with van der Waals surface area (Å²) in [5.74, 6) is -0.544. The minimum absolute atomic E-state index is 0.0445. The zero-order valence-electron chi connectivity index (χ0n) is 13.0. The van der Waals surface area contributed by atoms with Gasteiger partial charge in [-0.25, -0.2) is 9.49 Å². The van der Waals surface area contributed by atoms with Crippen molar-refractivity contribution in [3.8, 4) is 0 Å². The van der Waals surface area contributed by atoms with E-state index in [1.165, 1.54) is 12.1 Å². The Hall–Kier alpha value is -3.02. The van der Waals surface area contributed by atoms with E-state index in [1.807, 2.05) is 6.92 Å². The second kappa shape index (κ2) is 6.62. The third-order valence-corrected chi connectivity index (χ3v) is 3.85. The van der Waals surface area contributed by atoms with Gasteiger partial charge in [0.1, 0.15) is 5.82 Å². The van der Waals surface area contributed by atoms with E-state index in [0.717, 1.165) is 5.56 Å². The van der Waals surface area contributed by atoms with E-state index < -0.39 is 0 Å². The number of rotatable bonds is 4. The van der Waals surface area contributed by atoms with Crippen molar-refractivity contribution in [2.75, 3.05) is 0 Å². The van der Waals surface area contributed by atoms with Crippen molar-refractivity contribution in [2.24, 2.45) is 0 Å². The number of fused-ring (bicyclic) bond motifs is 1. The molecule has 1 atom stereocenters. The Balaban J connectivity index is 1.77. The summed E-state index contributed by atoms with van der Waals surface area (Å²) in [5.41, 5.74) is 1.03. The first kappa shape index (κ1) is 15.9. The second-order valence-corrected chi connectivity index (χ2v) is 5.56. The molecular formula is C18H16FN3O2. The number of amides is 1. The number of hydrogen-bond donors (Lipinski definition) is 2. The van der Waals surface area contributed by atoms with Gasteiger partial charge in [-0.3, -0.25) is 9.59 Å². The van der Waals surface area contributed by atoms with Crippen LogP contribution in [-0.2, 0) is 11.2 Å². The van der Waals surface area contributed by atoms with E-state index in [4.69, 9.17) is 0 Å². The van der Waals surface area contributed by atoms with Crippen LogP contribution in [0.25, 0.3) is 10.8 Å². The summed E-state index contributed by atoms with van der Waals surface area (Å²) in [6.07, 6.45) is 0.0445. The Morgan fingerprint density at radius 3 is 2.54 bits per heavy atom. The minimum atomic E-state index is -0.318. The fourth-order valence-electron chi connectivity index (χ4n) is 2.59. The number of nitrogens with zero attached hydrogens (tertiary/aromatic N) is 1. The molecule has 2 aromatic carbocycles. The molecule has 1 heterocycles. The number of halogens is 1. The van der Waals surface area contributed by atoms with Crippen LogP contribution in [0.2, 0.25) is 0 Å². The summed E-state index contributed by atoms with van der Waals surface area (Å²) in [6.45, 7) is 1.82. The lowest BCUT2D eigenvalue weighted by Crippen LogP contribution is -2.29. The highest BCUT2D eigenvalue weighted by Crippen LogP contribution is 2.15. The molecule has 5 nitrogen and oxygen atoms in total. The number of benzene rings is 2. The predicted molar refractivity (Wildman–Crippen MR) is 89.0 cm³/mol. The topological polar surface area (TPSA) is 74.8 Å². The molecule has 122 valence electrons. The van der Waals surface area contributed by atoms with Crippen molar-refractivity contribution in [3.05, 3.63) is 76.0 Å². The van der Waals surface area contributed by atoms with Gasteiger partial charge >= 0.3 is 0 Å². The summed E-state index contributed by atoms with van der Waals surface area (Å²) in [5, 5.41) is 10.4. The zero-order chi connectivity index (χ0) is 17.1. The lowest BCUT2D eigenvalue weighted by Gasteiger charge is -2.14. The molecule has 3 aromatic rings. The van der Waals surface area contributed by atoms with Gasteiger partial charge in [0.25, 0.3) is 5.56 Å². The molecule has 0 radical (unpaired) electrons. The van der Waals surface area contributed by atoms with E-state index >= 15 is 0 Å². The van der Waals surface area contributed by atoms with Crippen LogP contribution in [0, 0.1) is 5.82 Å². The summed E-state index contributed by atoms with van der Waals surface area (Å²) >= 11 is 0. The van der Waals surface area contributed by atoms with E-state index in [-0.39, 0.29) is 29.7 Å². The molecule has 0 spiro atoms. The number of hydrogen-bond acceptors (Lipinski definition) is 3. The quantitative estimate of drug-likeness (QED) is 0.774. The second-order valence-electron chi connectivity index (χ2n) is 5.56. The number of H-pyrrole nitrogens is 1. The van der Waals surface area contributed by atoms with Gasteiger partial charge in [-0.15, -0.1) is 0 Å². The zero-order valence-corrected chi connectivity index (χ0v) is 13.0. The highest BCUT2D eigenvalue weighted by molar-refractivity contribution is 5.88. The number of carbonyl (C=O) groups is 1. The van der Waals surface area contributed by atoms with Crippen molar-refractivity contribution in [3.63, 3.8) is 0 Å². The van der Waals surface area contributed by atoms with Crippen LogP contribution in [0.1, 0.15) is 24.2 Å². The molecule has 0 saturated heterocycles. The molecule has 6 heteroatoms. The Morgan fingerprint density at radius 1 is 1.17 bits per heavy atom. The maximum absolute atomic E-state index is 13.0. The molecule has 1 aromatic heterocycles. The van der Waals surface area contributed by atoms with Crippen LogP contribution in [0.5, 0.6) is 0 Å². The number of aromatic amines is 1. The van der Waals surface area contributed by atoms with E-state index in [2.05, 4.69) is 15.5 Å². The molecule has 24 heavy (non-hydrogen) atoms. The van der Waals surface area contributed by atoms with E-state index in [0.29, 0.717) is 16.5 Å². The predicted octanol–water partition coefficient (Wildman–Crippen LogP) is 2.48. The maximum Gasteiger partial charge on any atom is 0.272 e. The smallest absolute Gasteiger partial charge is 0.272 e. The van der Waals surface area contributed by atoms with Crippen molar-refractivity contribution in [1.29, 1.82) is 0 Å². The Kier molecular flexibility index (Phi) is 4.37. The maximum atomic E-state index is 13.0. The summed E-state index contributed by atoms with van der Waals surface area (Å²) < 4.78 is 13.0. The fourth-order valence-corrected chi connectivity index (χ4v) is 2.59. The van der Waals surface area contributed by atoms with E-state index in [1.54, 1.807) is 36.4 Å². The molecule has 0 bridgehead atoms. The average Bonchev–Trinajstić information content (AvgIpc) is 2.58. The van der Waals surface area contributed by atoms with Crippen LogP contribution in [0.15, 0.2) is 53.3 Å². The van der Waals surface area contributed by atoms with Gasteiger partial charge in [-0.2, -0.15) is 5.10 Å². The Bertz CT molecular complexity index is 935. The van der Waals surface area contributed by atoms with Crippen molar-refractivity contribution >= 4 is 16.7 Å². The fraction of sp³-hybridized carbons (Fsp3) is 0.167. The highest BCUT2D eigenvalue weighted by Gasteiger charge is 2.13. The third kappa shape index (κ3) is 3.32. The number of nitrogens with one attached hydrogen (secondary N) is 2. The van der Waals surface area contributed by atoms with Gasteiger partial charge in [0, 0.05) is 5.39 Å². The summed E-state index contributed by atoms with van der Waals surface area (Å²) in [4.78, 5) is 24.0. The SMILES string of the molecule is CC(NC(=O)Cc1n[nH]c(=O)c2ccccc12)c1ccc(F)cc1. The lowest BCUT2D eigenvalue weighted by molar-refractivity contribution is -0.121. The summed E-state index contributed by atoms with van der Waals surface area (Å²) in [6, 6.07) is 12.7. The highest BCUT2D eigenvalue weighted by atomic mass is 19.1. The first-order valence-corrected chi connectivity index (χ1v) is 7.55. The third-order valence-electron chi connectivity index (χ3n) is 3.85. The molecule has 1 amide bonds. The monoisotopic (exact) mass is 325 g/mol. The molecule has 0 aliphatic heterocycles. The minimum Gasteiger partial charge on any atom is -0.349 e.